The average Bonchev–Trinajstić information content (AvgIpc) is 2.98. The lowest BCUT2D eigenvalue weighted by Gasteiger charge is -2.07. The summed E-state index contributed by atoms with van der Waals surface area (Å²) >= 11 is 1.72. The van der Waals surface area contributed by atoms with Gasteiger partial charge in [-0.2, -0.15) is 0 Å². The molecular formula is C17H18N4S. The largest absolute Gasteiger partial charge is 0.302 e. The van der Waals surface area contributed by atoms with E-state index >= 15 is 0 Å². The molecule has 1 aromatic carbocycles. The summed E-state index contributed by atoms with van der Waals surface area (Å²) in [6.45, 7) is 5.05. The Morgan fingerprint density at radius 2 is 1.91 bits per heavy atom. The van der Waals surface area contributed by atoms with Gasteiger partial charge in [-0.05, 0) is 31.5 Å². The maximum Gasteiger partial charge on any atom is 0.191 e. The Labute approximate surface area is 134 Å². The van der Waals surface area contributed by atoms with E-state index in [1.807, 2.05) is 18.3 Å². The van der Waals surface area contributed by atoms with Gasteiger partial charge in [-0.1, -0.05) is 41.6 Å². The fraction of sp³-hybridized carbons (Fsp3) is 0.235. The molecule has 0 unspecified atom stereocenters. The van der Waals surface area contributed by atoms with Crippen LogP contribution in [0.15, 0.2) is 53.9 Å². The highest BCUT2D eigenvalue weighted by atomic mass is 32.2. The number of pyridine rings is 1. The number of hydrogen-bond acceptors (Lipinski definition) is 4. The lowest BCUT2D eigenvalue weighted by Crippen LogP contribution is -2.00. The Hall–Kier alpha value is -2.14. The lowest BCUT2D eigenvalue weighted by molar-refractivity contribution is 0.687. The van der Waals surface area contributed by atoms with Gasteiger partial charge >= 0.3 is 0 Å². The Morgan fingerprint density at radius 1 is 1.09 bits per heavy atom. The highest BCUT2D eigenvalue weighted by Crippen LogP contribution is 2.26. The predicted molar refractivity (Wildman–Crippen MR) is 89.7 cm³/mol. The monoisotopic (exact) mass is 310 g/mol. The van der Waals surface area contributed by atoms with Crippen molar-refractivity contribution in [1.82, 2.24) is 19.7 Å². The summed E-state index contributed by atoms with van der Waals surface area (Å²) < 4.78 is 2.13. The smallest absolute Gasteiger partial charge is 0.191 e. The van der Waals surface area contributed by atoms with Crippen LogP contribution in [-0.2, 0) is 12.3 Å². The molecule has 0 saturated carbocycles. The topological polar surface area (TPSA) is 43.6 Å². The van der Waals surface area contributed by atoms with Crippen molar-refractivity contribution in [2.75, 3.05) is 0 Å². The number of nitrogens with zero attached hydrogens (tertiary/aromatic N) is 4. The molecule has 0 aliphatic heterocycles. The van der Waals surface area contributed by atoms with Crippen LogP contribution in [0, 0.1) is 6.92 Å². The van der Waals surface area contributed by atoms with Crippen LogP contribution in [0.25, 0.3) is 11.4 Å². The number of rotatable bonds is 5. The first kappa shape index (κ1) is 14.8. The summed E-state index contributed by atoms with van der Waals surface area (Å²) in [5.74, 6) is 1.77. The van der Waals surface area contributed by atoms with Gasteiger partial charge in [0, 0.05) is 30.3 Å². The fourth-order valence-corrected chi connectivity index (χ4v) is 3.18. The van der Waals surface area contributed by atoms with Gasteiger partial charge < -0.3 is 4.57 Å². The van der Waals surface area contributed by atoms with Crippen molar-refractivity contribution >= 4 is 11.8 Å². The minimum Gasteiger partial charge on any atom is -0.302 e. The van der Waals surface area contributed by atoms with Crippen LogP contribution in [0.3, 0.4) is 0 Å². The zero-order chi connectivity index (χ0) is 15.4. The summed E-state index contributed by atoms with van der Waals surface area (Å²) in [6.07, 6.45) is 3.59. The van der Waals surface area contributed by atoms with E-state index in [1.54, 1.807) is 18.0 Å². The van der Waals surface area contributed by atoms with E-state index in [1.165, 1.54) is 11.1 Å². The third kappa shape index (κ3) is 3.20. The SMILES string of the molecule is CCn1c(SCc2ccc(C)cc2)nnc1-c1cccnc1. The van der Waals surface area contributed by atoms with Crippen LogP contribution < -0.4 is 0 Å². The van der Waals surface area contributed by atoms with E-state index in [4.69, 9.17) is 0 Å². The number of benzene rings is 1. The summed E-state index contributed by atoms with van der Waals surface area (Å²) in [6, 6.07) is 12.5. The van der Waals surface area contributed by atoms with Gasteiger partial charge in [-0.25, -0.2) is 0 Å². The first-order valence-electron chi connectivity index (χ1n) is 7.30. The highest BCUT2D eigenvalue weighted by Gasteiger charge is 2.13. The summed E-state index contributed by atoms with van der Waals surface area (Å²) in [5.41, 5.74) is 3.58. The number of thioether (sulfide) groups is 1. The highest BCUT2D eigenvalue weighted by molar-refractivity contribution is 7.98. The molecule has 0 N–H and O–H groups in total. The molecule has 3 rings (SSSR count). The second-order valence-electron chi connectivity index (χ2n) is 5.07. The quantitative estimate of drug-likeness (QED) is 0.669. The molecule has 0 radical (unpaired) electrons. The van der Waals surface area contributed by atoms with Crippen LogP contribution >= 0.6 is 11.8 Å². The van der Waals surface area contributed by atoms with Crippen LogP contribution in [0.4, 0.5) is 0 Å². The predicted octanol–water partition coefficient (Wildman–Crippen LogP) is 3.96. The van der Waals surface area contributed by atoms with Crippen LogP contribution in [-0.4, -0.2) is 19.7 Å². The third-order valence-corrected chi connectivity index (χ3v) is 4.48. The zero-order valence-electron chi connectivity index (χ0n) is 12.7. The maximum absolute atomic E-state index is 4.34. The van der Waals surface area contributed by atoms with Crippen LogP contribution in [0.5, 0.6) is 0 Å². The molecule has 0 fully saturated rings. The van der Waals surface area contributed by atoms with Gasteiger partial charge in [0.2, 0.25) is 0 Å². The Bertz CT molecular complexity index is 735. The van der Waals surface area contributed by atoms with E-state index in [-0.39, 0.29) is 0 Å². The molecule has 0 spiro atoms. The molecule has 0 aliphatic rings. The Kier molecular flexibility index (Phi) is 4.53. The number of aromatic nitrogens is 4. The Balaban J connectivity index is 1.80. The second-order valence-corrected chi connectivity index (χ2v) is 6.01. The molecule has 2 aromatic heterocycles. The average molecular weight is 310 g/mol. The van der Waals surface area contributed by atoms with Gasteiger partial charge in [-0.15, -0.1) is 10.2 Å². The Morgan fingerprint density at radius 3 is 2.59 bits per heavy atom. The van der Waals surface area contributed by atoms with Gasteiger partial charge in [0.1, 0.15) is 0 Å². The van der Waals surface area contributed by atoms with E-state index in [2.05, 4.69) is 57.9 Å². The van der Waals surface area contributed by atoms with E-state index < -0.39 is 0 Å². The fourth-order valence-electron chi connectivity index (χ4n) is 2.22. The van der Waals surface area contributed by atoms with E-state index in [0.29, 0.717) is 0 Å². The number of aryl methyl sites for hydroxylation is 1. The van der Waals surface area contributed by atoms with Gasteiger partial charge in [0.05, 0.1) is 0 Å². The van der Waals surface area contributed by atoms with Crippen molar-refractivity contribution in [2.24, 2.45) is 0 Å². The van der Waals surface area contributed by atoms with Crippen molar-refractivity contribution < 1.29 is 0 Å². The van der Waals surface area contributed by atoms with Crippen molar-refractivity contribution in [3.05, 3.63) is 59.9 Å². The summed E-state index contributed by atoms with van der Waals surface area (Å²) in [7, 11) is 0. The molecule has 4 nitrogen and oxygen atoms in total. The number of hydrogen-bond donors (Lipinski definition) is 0. The zero-order valence-corrected chi connectivity index (χ0v) is 13.5. The van der Waals surface area contributed by atoms with Crippen molar-refractivity contribution in [2.45, 2.75) is 31.3 Å². The van der Waals surface area contributed by atoms with Gasteiger partial charge in [0.15, 0.2) is 11.0 Å². The minimum absolute atomic E-state index is 0.841. The van der Waals surface area contributed by atoms with E-state index in [0.717, 1.165) is 28.8 Å². The van der Waals surface area contributed by atoms with Gasteiger partial charge in [0.25, 0.3) is 0 Å². The van der Waals surface area contributed by atoms with Crippen LogP contribution in [0.1, 0.15) is 18.1 Å². The normalized spacial score (nSPS) is 10.8. The molecular weight excluding hydrogens is 292 g/mol. The van der Waals surface area contributed by atoms with Crippen LogP contribution in [0.2, 0.25) is 0 Å². The molecule has 2 heterocycles. The van der Waals surface area contributed by atoms with Gasteiger partial charge in [-0.3, -0.25) is 4.98 Å². The van der Waals surface area contributed by atoms with Crippen molar-refractivity contribution in [1.29, 1.82) is 0 Å². The molecule has 3 aromatic rings. The molecule has 0 bridgehead atoms. The molecule has 5 heteroatoms. The standard InChI is InChI=1S/C17H18N4S/c1-3-21-16(15-5-4-10-18-11-15)19-20-17(21)22-12-14-8-6-13(2)7-9-14/h4-11H,3,12H2,1-2H3. The van der Waals surface area contributed by atoms with E-state index in [9.17, 15) is 0 Å². The molecule has 0 aliphatic carbocycles. The molecule has 0 atom stereocenters. The molecule has 112 valence electrons. The third-order valence-electron chi connectivity index (χ3n) is 3.44. The maximum atomic E-state index is 4.34. The summed E-state index contributed by atoms with van der Waals surface area (Å²) in [4.78, 5) is 4.16. The van der Waals surface area contributed by atoms with Crippen molar-refractivity contribution in [3.63, 3.8) is 0 Å². The minimum atomic E-state index is 0.841. The molecule has 0 amide bonds. The first-order valence-corrected chi connectivity index (χ1v) is 8.28. The lowest BCUT2D eigenvalue weighted by atomic mass is 10.2. The first-order chi connectivity index (χ1) is 10.8. The molecule has 22 heavy (non-hydrogen) atoms. The van der Waals surface area contributed by atoms with Crippen molar-refractivity contribution in [3.8, 4) is 11.4 Å². The summed E-state index contributed by atoms with van der Waals surface area (Å²) in [5, 5.41) is 9.63. The second kappa shape index (κ2) is 6.75. The molecule has 0 saturated heterocycles.